The predicted molar refractivity (Wildman–Crippen MR) is 79.9 cm³/mol. The topological polar surface area (TPSA) is 50.8 Å². The fourth-order valence-corrected chi connectivity index (χ4v) is 3.42. The van der Waals surface area contributed by atoms with Crippen molar-refractivity contribution in [1.82, 2.24) is 10.2 Å². The van der Waals surface area contributed by atoms with Gasteiger partial charge in [-0.1, -0.05) is 0 Å². The molecule has 3 rings (SSSR count). The number of fused-ring (bicyclic) bond motifs is 2. The number of piperidine rings is 2. The summed E-state index contributed by atoms with van der Waals surface area (Å²) in [6.07, 6.45) is 1.23. The van der Waals surface area contributed by atoms with Crippen molar-refractivity contribution >= 4 is 5.91 Å². The molecule has 2 saturated heterocycles. The van der Waals surface area contributed by atoms with E-state index in [1.807, 2.05) is 11.0 Å². The van der Waals surface area contributed by atoms with E-state index in [-0.39, 0.29) is 5.91 Å². The van der Waals surface area contributed by atoms with Crippen LogP contribution in [0.1, 0.15) is 16.8 Å². The van der Waals surface area contributed by atoms with Gasteiger partial charge >= 0.3 is 0 Å². The van der Waals surface area contributed by atoms with E-state index in [1.165, 1.54) is 6.42 Å². The van der Waals surface area contributed by atoms with Crippen LogP contribution in [0.5, 0.6) is 11.5 Å². The molecular formula is C16H22N2O3. The Bertz CT molecular complexity index is 520. The maximum atomic E-state index is 12.8. The molecule has 1 N–H and O–H groups in total. The Labute approximate surface area is 125 Å². The third kappa shape index (κ3) is 2.83. The van der Waals surface area contributed by atoms with Crippen LogP contribution in [0, 0.1) is 11.8 Å². The van der Waals surface area contributed by atoms with Gasteiger partial charge in [0.15, 0.2) is 0 Å². The molecule has 5 heteroatoms. The molecular weight excluding hydrogens is 268 g/mol. The van der Waals surface area contributed by atoms with Gasteiger partial charge in [0, 0.05) is 19.2 Å². The highest BCUT2D eigenvalue weighted by molar-refractivity contribution is 5.97. The highest BCUT2D eigenvalue weighted by Crippen LogP contribution is 2.29. The van der Waals surface area contributed by atoms with Crippen molar-refractivity contribution in [2.24, 2.45) is 11.8 Å². The summed E-state index contributed by atoms with van der Waals surface area (Å²) < 4.78 is 10.5. The van der Waals surface area contributed by atoms with Crippen molar-refractivity contribution in [1.29, 1.82) is 0 Å². The molecule has 1 amide bonds. The fourth-order valence-electron chi connectivity index (χ4n) is 3.42. The Morgan fingerprint density at radius 2 is 1.90 bits per heavy atom. The van der Waals surface area contributed by atoms with Crippen LogP contribution < -0.4 is 14.8 Å². The Balaban J connectivity index is 1.81. The van der Waals surface area contributed by atoms with Gasteiger partial charge < -0.3 is 19.7 Å². The van der Waals surface area contributed by atoms with Crippen LogP contribution in [0.15, 0.2) is 18.2 Å². The molecule has 21 heavy (non-hydrogen) atoms. The van der Waals surface area contributed by atoms with Crippen molar-refractivity contribution < 1.29 is 14.3 Å². The van der Waals surface area contributed by atoms with Crippen LogP contribution in [-0.4, -0.2) is 51.2 Å². The number of ether oxygens (including phenoxy) is 2. The molecule has 0 unspecified atom stereocenters. The summed E-state index contributed by atoms with van der Waals surface area (Å²) in [4.78, 5) is 14.8. The lowest BCUT2D eigenvalue weighted by Crippen LogP contribution is -2.52. The van der Waals surface area contributed by atoms with Crippen LogP contribution >= 0.6 is 0 Å². The molecule has 114 valence electrons. The number of nitrogens with zero attached hydrogens (tertiary/aromatic N) is 1. The Morgan fingerprint density at radius 3 is 2.52 bits per heavy atom. The third-order valence-corrected chi connectivity index (χ3v) is 4.42. The summed E-state index contributed by atoms with van der Waals surface area (Å²) in [5.74, 6) is 2.49. The normalized spacial score (nSPS) is 24.6. The summed E-state index contributed by atoms with van der Waals surface area (Å²) in [5, 5.41) is 3.44. The zero-order chi connectivity index (χ0) is 14.8. The van der Waals surface area contributed by atoms with E-state index >= 15 is 0 Å². The van der Waals surface area contributed by atoms with Crippen molar-refractivity contribution in [3.05, 3.63) is 23.8 Å². The number of carbonyl (C=O) groups is 1. The van der Waals surface area contributed by atoms with E-state index in [0.29, 0.717) is 28.9 Å². The minimum absolute atomic E-state index is 0.0612. The maximum absolute atomic E-state index is 12.8. The second kappa shape index (κ2) is 5.93. The molecule has 2 atom stereocenters. The number of carbonyl (C=O) groups excluding carboxylic acids is 1. The summed E-state index contributed by atoms with van der Waals surface area (Å²) >= 11 is 0. The largest absolute Gasteiger partial charge is 0.497 e. The maximum Gasteiger partial charge on any atom is 0.257 e. The van der Waals surface area contributed by atoms with Gasteiger partial charge in [0.05, 0.1) is 19.8 Å². The first-order valence-electron chi connectivity index (χ1n) is 7.43. The molecule has 0 aromatic heterocycles. The lowest BCUT2D eigenvalue weighted by Gasteiger charge is -2.41. The molecule has 0 radical (unpaired) electrons. The molecule has 0 spiro atoms. The Hall–Kier alpha value is -1.75. The molecule has 1 aromatic carbocycles. The number of nitrogens with one attached hydrogen (secondary N) is 1. The van der Waals surface area contributed by atoms with Crippen molar-refractivity contribution in [3.8, 4) is 11.5 Å². The monoisotopic (exact) mass is 290 g/mol. The summed E-state index contributed by atoms with van der Waals surface area (Å²) in [5.41, 5.74) is 0.617. The average Bonchev–Trinajstić information content (AvgIpc) is 2.53. The first-order chi connectivity index (χ1) is 10.2. The van der Waals surface area contributed by atoms with Crippen LogP contribution in [0.3, 0.4) is 0 Å². The fraction of sp³-hybridized carbons (Fsp3) is 0.562. The lowest BCUT2D eigenvalue weighted by atomic mass is 9.85. The van der Waals surface area contributed by atoms with Crippen LogP contribution in [0.25, 0.3) is 0 Å². The number of rotatable bonds is 3. The second-order valence-electron chi connectivity index (χ2n) is 5.90. The zero-order valence-electron chi connectivity index (χ0n) is 12.6. The number of hydrogen-bond acceptors (Lipinski definition) is 4. The average molecular weight is 290 g/mol. The van der Waals surface area contributed by atoms with Crippen LogP contribution in [0.4, 0.5) is 0 Å². The van der Waals surface area contributed by atoms with Crippen molar-refractivity contribution in [2.75, 3.05) is 40.4 Å². The summed E-state index contributed by atoms with van der Waals surface area (Å²) in [6, 6.07) is 5.37. The standard InChI is InChI=1S/C16H22N2O3/c1-20-13-3-4-14(15(6-13)21-2)16(19)18-9-11-5-12(10-18)8-17-7-11/h3-4,6,11-12,17H,5,7-10H2,1-2H3/t11-,12+. The van der Waals surface area contributed by atoms with E-state index in [4.69, 9.17) is 9.47 Å². The van der Waals surface area contributed by atoms with Gasteiger partial charge in [0.2, 0.25) is 0 Å². The van der Waals surface area contributed by atoms with E-state index < -0.39 is 0 Å². The van der Waals surface area contributed by atoms with E-state index in [2.05, 4.69) is 5.32 Å². The molecule has 0 saturated carbocycles. The molecule has 2 heterocycles. The number of likely N-dealkylation sites (tertiary alicyclic amines) is 1. The van der Waals surface area contributed by atoms with Crippen LogP contribution in [0.2, 0.25) is 0 Å². The van der Waals surface area contributed by atoms with Crippen molar-refractivity contribution in [3.63, 3.8) is 0 Å². The summed E-state index contributed by atoms with van der Waals surface area (Å²) in [7, 11) is 3.19. The molecule has 2 aliphatic rings. The van der Waals surface area contributed by atoms with Gasteiger partial charge in [-0.25, -0.2) is 0 Å². The van der Waals surface area contributed by atoms with Gasteiger partial charge in [-0.3, -0.25) is 4.79 Å². The molecule has 2 fully saturated rings. The smallest absolute Gasteiger partial charge is 0.257 e. The highest BCUT2D eigenvalue weighted by Gasteiger charge is 2.33. The first kappa shape index (κ1) is 14.2. The van der Waals surface area contributed by atoms with Crippen molar-refractivity contribution in [2.45, 2.75) is 6.42 Å². The van der Waals surface area contributed by atoms with Gasteiger partial charge in [-0.15, -0.1) is 0 Å². The quantitative estimate of drug-likeness (QED) is 0.914. The zero-order valence-corrected chi connectivity index (χ0v) is 12.6. The van der Waals surface area contributed by atoms with E-state index in [0.717, 1.165) is 26.2 Å². The Morgan fingerprint density at radius 1 is 1.19 bits per heavy atom. The van der Waals surface area contributed by atoms with Crippen LogP contribution in [-0.2, 0) is 0 Å². The molecule has 1 aromatic rings. The number of benzene rings is 1. The van der Waals surface area contributed by atoms with Gasteiger partial charge in [-0.05, 0) is 43.5 Å². The number of hydrogen-bond donors (Lipinski definition) is 1. The predicted octanol–water partition coefficient (Wildman–Crippen LogP) is 1.39. The second-order valence-corrected chi connectivity index (χ2v) is 5.90. The van der Waals surface area contributed by atoms with Gasteiger partial charge in [0.1, 0.15) is 11.5 Å². The first-order valence-corrected chi connectivity index (χ1v) is 7.43. The minimum Gasteiger partial charge on any atom is -0.497 e. The Kier molecular flexibility index (Phi) is 4.01. The lowest BCUT2D eigenvalue weighted by molar-refractivity contribution is 0.0534. The van der Waals surface area contributed by atoms with E-state index in [1.54, 1.807) is 26.4 Å². The summed E-state index contributed by atoms with van der Waals surface area (Å²) in [6.45, 7) is 3.69. The molecule has 5 nitrogen and oxygen atoms in total. The van der Waals surface area contributed by atoms with E-state index in [9.17, 15) is 4.79 Å². The number of methoxy groups -OCH3 is 2. The number of amides is 1. The van der Waals surface area contributed by atoms with Gasteiger partial charge in [-0.2, -0.15) is 0 Å². The third-order valence-electron chi connectivity index (χ3n) is 4.42. The van der Waals surface area contributed by atoms with Gasteiger partial charge in [0.25, 0.3) is 5.91 Å². The molecule has 2 aliphatic heterocycles. The molecule has 0 aliphatic carbocycles. The highest BCUT2D eigenvalue weighted by atomic mass is 16.5. The molecule has 2 bridgehead atoms. The SMILES string of the molecule is COc1ccc(C(=O)N2C[C@@H]3CNC[C@@H](C3)C2)c(OC)c1. The minimum atomic E-state index is 0.0612.